The molecule has 0 heterocycles. The molecule has 11 heteroatoms. The third-order valence-electron chi connectivity index (χ3n) is 1.06. The molecule has 0 aromatic heterocycles. The zero-order chi connectivity index (χ0) is 13.1. The maximum Gasteiger partial charge on any atom is 2.00 e. The van der Waals surface area contributed by atoms with E-state index in [0.29, 0.717) is 26.1 Å². The van der Waals surface area contributed by atoms with Crippen molar-refractivity contribution in [1.29, 1.82) is 0 Å². The summed E-state index contributed by atoms with van der Waals surface area (Å²) in [5.41, 5.74) is 0. The number of thiol groups is 3. The van der Waals surface area contributed by atoms with Crippen molar-refractivity contribution in [2.45, 2.75) is 0 Å². The SMILES string of the molecule is CN(C)C(=S)S.S=C(S)NCCNC(=S)S.[Zn+2].[Zn+2]. The molecule has 0 unspecified atom stereocenters. The minimum absolute atomic E-state index is 0. The number of thiocarbonyl (C=S) groups is 3. The molecule has 0 rings (SSSR count). The van der Waals surface area contributed by atoms with Crippen LogP contribution in [0.5, 0.6) is 0 Å². The molecule has 0 aliphatic rings. The first kappa shape index (κ1) is 28.2. The minimum Gasteiger partial charge on any atom is -0.369 e. The molecule has 0 aromatic carbocycles. The average molecular weight is 464 g/mol. The van der Waals surface area contributed by atoms with E-state index in [1.807, 2.05) is 14.1 Å². The Morgan fingerprint density at radius 1 is 0.889 bits per heavy atom. The van der Waals surface area contributed by atoms with E-state index in [-0.39, 0.29) is 39.0 Å². The zero-order valence-electron chi connectivity index (χ0n) is 10.3. The molecule has 0 saturated carbocycles. The Bertz CT molecular complexity index is 235. The van der Waals surface area contributed by atoms with Gasteiger partial charge in [0, 0.05) is 27.2 Å². The molecule has 3 nitrogen and oxygen atoms in total. The van der Waals surface area contributed by atoms with Crippen LogP contribution in [-0.4, -0.2) is 45.0 Å². The monoisotopic (exact) mass is 461 g/mol. The molecular formula is C7H15N3S6Zn2+4. The van der Waals surface area contributed by atoms with E-state index in [9.17, 15) is 0 Å². The van der Waals surface area contributed by atoms with Crippen LogP contribution >= 0.6 is 74.5 Å². The molecule has 0 saturated heterocycles. The number of hydrogen-bond acceptors (Lipinski definition) is 3. The van der Waals surface area contributed by atoms with Crippen LogP contribution in [0.1, 0.15) is 0 Å². The fraction of sp³-hybridized carbons (Fsp3) is 0.571. The van der Waals surface area contributed by atoms with Crippen molar-refractivity contribution < 1.29 is 39.0 Å². The Morgan fingerprint density at radius 3 is 1.22 bits per heavy atom. The Balaban J connectivity index is -0.000000108. The number of nitrogens with zero attached hydrogens (tertiary/aromatic N) is 1. The summed E-state index contributed by atoms with van der Waals surface area (Å²) in [5, 5.41) is 5.68. The third kappa shape index (κ3) is 30.8. The van der Waals surface area contributed by atoms with Crippen molar-refractivity contribution in [2.24, 2.45) is 0 Å². The van der Waals surface area contributed by atoms with Gasteiger partial charge in [-0.15, -0.1) is 37.9 Å². The van der Waals surface area contributed by atoms with E-state index < -0.39 is 0 Å². The predicted molar refractivity (Wildman–Crippen MR) is 94.4 cm³/mol. The normalized spacial score (nSPS) is 7.39. The van der Waals surface area contributed by atoms with Gasteiger partial charge in [0.2, 0.25) is 0 Å². The van der Waals surface area contributed by atoms with Crippen LogP contribution in [-0.2, 0) is 39.0 Å². The van der Waals surface area contributed by atoms with Gasteiger partial charge in [-0.2, -0.15) is 0 Å². The summed E-state index contributed by atoms with van der Waals surface area (Å²) in [6, 6.07) is 0. The van der Waals surface area contributed by atoms with E-state index in [4.69, 9.17) is 0 Å². The largest absolute Gasteiger partial charge is 2.00 e. The van der Waals surface area contributed by atoms with Crippen LogP contribution in [0.25, 0.3) is 0 Å². The predicted octanol–water partition coefficient (Wildman–Crippen LogP) is 1.35. The van der Waals surface area contributed by atoms with E-state index in [0.717, 1.165) is 0 Å². The van der Waals surface area contributed by atoms with Crippen molar-refractivity contribution in [1.82, 2.24) is 15.5 Å². The second-order valence-corrected chi connectivity index (χ2v) is 6.07. The van der Waals surface area contributed by atoms with Gasteiger partial charge in [-0.3, -0.25) is 0 Å². The van der Waals surface area contributed by atoms with Gasteiger partial charge >= 0.3 is 39.0 Å². The fourth-order valence-corrected chi connectivity index (χ4v) is 0.767. The number of hydrogen-bond donors (Lipinski definition) is 5. The summed E-state index contributed by atoms with van der Waals surface area (Å²) in [5.74, 6) is 0. The van der Waals surface area contributed by atoms with Gasteiger partial charge in [0.25, 0.3) is 0 Å². The molecule has 0 aliphatic carbocycles. The van der Waals surface area contributed by atoms with E-state index in [1.54, 1.807) is 4.90 Å². The standard InChI is InChI=1S/C4H8N2S4.C3H7NS2.2Zn/c7-3(8)5-1-2-6-4(9)10;1-4(2)3(5)6;;/h1-2H2,(H2,5,7,8)(H2,6,9,10);1-2H3,(H,5,6);;/q;;2*+2. The van der Waals surface area contributed by atoms with Gasteiger partial charge in [-0.1, -0.05) is 36.7 Å². The third-order valence-corrected chi connectivity index (χ3v) is 2.43. The molecular weight excluding hydrogens is 449 g/mol. The van der Waals surface area contributed by atoms with Gasteiger partial charge in [0.1, 0.15) is 13.0 Å². The van der Waals surface area contributed by atoms with Gasteiger partial charge in [-0.05, 0) is 0 Å². The van der Waals surface area contributed by atoms with Crippen LogP contribution in [0.3, 0.4) is 0 Å². The smallest absolute Gasteiger partial charge is 0.369 e. The first-order valence-corrected chi connectivity index (χ1v) is 6.67. The van der Waals surface area contributed by atoms with E-state index in [2.05, 4.69) is 85.2 Å². The second-order valence-electron chi connectivity index (χ2n) is 2.64. The number of nitrogens with one attached hydrogen (secondary N) is 2. The summed E-state index contributed by atoms with van der Waals surface area (Å²) in [7, 11) is 3.71. The first-order valence-electron chi connectivity index (χ1n) is 4.11. The minimum atomic E-state index is 0. The second kappa shape index (κ2) is 19.0. The van der Waals surface area contributed by atoms with E-state index >= 15 is 0 Å². The molecule has 0 radical (unpaired) electrons. The Morgan fingerprint density at radius 2 is 1.11 bits per heavy atom. The van der Waals surface area contributed by atoms with E-state index in [1.165, 1.54) is 0 Å². The summed E-state index contributed by atoms with van der Waals surface area (Å²) >= 11 is 25.5. The first-order chi connectivity index (χ1) is 7.27. The van der Waals surface area contributed by atoms with Crippen LogP contribution in [0, 0.1) is 0 Å². The van der Waals surface area contributed by atoms with Gasteiger partial charge in [0.15, 0.2) is 0 Å². The van der Waals surface area contributed by atoms with Crippen molar-refractivity contribution in [3.8, 4) is 0 Å². The van der Waals surface area contributed by atoms with Crippen LogP contribution in [0.4, 0.5) is 0 Å². The Labute approximate surface area is 167 Å². The molecule has 94 valence electrons. The van der Waals surface area contributed by atoms with Gasteiger partial charge in [-0.25, -0.2) is 0 Å². The molecule has 0 atom stereocenters. The summed E-state index contributed by atoms with van der Waals surface area (Å²) in [6.07, 6.45) is 0. The maximum absolute atomic E-state index is 4.65. The summed E-state index contributed by atoms with van der Waals surface area (Å²) < 4.78 is 1.61. The van der Waals surface area contributed by atoms with Crippen LogP contribution in [0.2, 0.25) is 0 Å². The zero-order valence-corrected chi connectivity index (χ0v) is 21.4. The van der Waals surface area contributed by atoms with Crippen molar-refractivity contribution in [3.05, 3.63) is 0 Å². The molecule has 0 spiro atoms. The summed E-state index contributed by atoms with van der Waals surface area (Å²) in [4.78, 5) is 1.76. The number of rotatable bonds is 3. The van der Waals surface area contributed by atoms with Crippen LogP contribution < -0.4 is 10.6 Å². The van der Waals surface area contributed by atoms with Crippen molar-refractivity contribution in [3.63, 3.8) is 0 Å². The molecule has 0 fully saturated rings. The summed E-state index contributed by atoms with van der Waals surface area (Å²) in [6.45, 7) is 1.42. The molecule has 0 aliphatic heterocycles. The maximum atomic E-state index is 4.65. The fourth-order valence-electron chi connectivity index (χ4n) is 0.339. The average Bonchev–Trinajstić information content (AvgIpc) is 2.12. The topological polar surface area (TPSA) is 27.3 Å². The molecule has 0 amide bonds. The quantitative estimate of drug-likeness (QED) is 0.188. The van der Waals surface area contributed by atoms with Crippen molar-refractivity contribution in [2.75, 3.05) is 27.2 Å². The molecule has 2 N–H and O–H groups in total. The van der Waals surface area contributed by atoms with Gasteiger partial charge in [0.05, 0.1) is 0 Å². The van der Waals surface area contributed by atoms with Gasteiger partial charge < -0.3 is 15.5 Å². The molecule has 0 bridgehead atoms. The molecule has 18 heavy (non-hydrogen) atoms. The van der Waals surface area contributed by atoms with Crippen LogP contribution in [0.15, 0.2) is 0 Å². The molecule has 0 aromatic rings. The Hall–Kier alpha value is 1.97. The van der Waals surface area contributed by atoms with Crippen molar-refractivity contribution >= 4 is 87.5 Å². The Kier molecular flexibility index (Phi) is 29.7.